The van der Waals surface area contributed by atoms with E-state index in [1.54, 1.807) is 31.4 Å². The van der Waals surface area contributed by atoms with Gasteiger partial charge in [-0.15, -0.1) is 0 Å². The van der Waals surface area contributed by atoms with E-state index in [0.717, 1.165) is 18.3 Å². The van der Waals surface area contributed by atoms with E-state index in [1.807, 2.05) is 6.92 Å². The lowest BCUT2D eigenvalue weighted by Crippen LogP contribution is -2.41. The van der Waals surface area contributed by atoms with E-state index in [4.69, 9.17) is 4.74 Å². The van der Waals surface area contributed by atoms with Crippen LogP contribution in [-0.4, -0.2) is 38.6 Å². The number of aryl methyl sites for hydroxylation is 2. The van der Waals surface area contributed by atoms with Crippen LogP contribution in [0.5, 0.6) is 5.75 Å². The van der Waals surface area contributed by atoms with Gasteiger partial charge in [0, 0.05) is 25.2 Å². The Morgan fingerprint density at radius 3 is 2.36 bits per heavy atom. The van der Waals surface area contributed by atoms with Crippen molar-refractivity contribution >= 4 is 11.9 Å². The smallest absolute Gasteiger partial charge is 0.251 e. The fraction of sp³-hybridized carbons (Fsp3) is 0.364. The summed E-state index contributed by atoms with van der Waals surface area (Å²) in [6.45, 7) is 8.69. The highest BCUT2D eigenvalue weighted by atomic mass is 16.5. The van der Waals surface area contributed by atoms with Crippen LogP contribution >= 0.6 is 0 Å². The number of methoxy groups -OCH3 is 1. The van der Waals surface area contributed by atoms with Crippen LogP contribution in [0, 0.1) is 13.8 Å². The molecule has 0 bridgehead atoms. The minimum absolute atomic E-state index is 0.110. The molecule has 28 heavy (non-hydrogen) atoms. The first-order valence-corrected chi connectivity index (χ1v) is 9.54. The number of carbonyl (C=O) groups excluding carboxylic acids is 1. The van der Waals surface area contributed by atoms with Crippen LogP contribution in [0.1, 0.15) is 34.0 Å². The standard InChI is InChI=1S/C22H30N4O2/c1-5-23-22(26-15-19-7-6-16(2)14-17(19)3)25-13-12-24-21(27)18-8-10-20(28-4)11-9-18/h6-11,14H,5,12-13,15H2,1-4H3,(H,24,27)(H2,23,25,26). The molecule has 6 heteroatoms. The summed E-state index contributed by atoms with van der Waals surface area (Å²) in [6, 6.07) is 13.4. The van der Waals surface area contributed by atoms with Crippen molar-refractivity contribution in [3.8, 4) is 5.75 Å². The van der Waals surface area contributed by atoms with Crippen molar-refractivity contribution in [2.75, 3.05) is 26.7 Å². The molecule has 2 aromatic rings. The van der Waals surface area contributed by atoms with Gasteiger partial charge in [0.05, 0.1) is 13.7 Å². The summed E-state index contributed by atoms with van der Waals surface area (Å²) < 4.78 is 5.10. The summed E-state index contributed by atoms with van der Waals surface area (Å²) in [5.41, 5.74) is 4.31. The maximum atomic E-state index is 12.2. The predicted octanol–water partition coefficient (Wildman–Crippen LogP) is 2.80. The summed E-state index contributed by atoms with van der Waals surface area (Å²) in [5, 5.41) is 9.38. The molecule has 0 spiro atoms. The predicted molar refractivity (Wildman–Crippen MR) is 114 cm³/mol. The van der Waals surface area contributed by atoms with E-state index in [1.165, 1.54) is 16.7 Å². The zero-order valence-electron chi connectivity index (χ0n) is 17.1. The van der Waals surface area contributed by atoms with Gasteiger partial charge in [0.2, 0.25) is 0 Å². The first-order valence-electron chi connectivity index (χ1n) is 9.54. The molecule has 1 amide bonds. The Labute approximate surface area is 167 Å². The third-order valence-electron chi connectivity index (χ3n) is 4.31. The number of nitrogens with zero attached hydrogens (tertiary/aromatic N) is 1. The highest BCUT2D eigenvalue weighted by Crippen LogP contribution is 2.12. The number of carbonyl (C=O) groups is 1. The van der Waals surface area contributed by atoms with Crippen molar-refractivity contribution < 1.29 is 9.53 Å². The molecule has 0 radical (unpaired) electrons. The fourth-order valence-corrected chi connectivity index (χ4v) is 2.73. The van der Waals surface area contributed by atoms with Gasteiger partial charge in [-0.3, -0.25) is 4.79 Å². The van der Waals surface area contributed by atoms with E-state index in [9.17, 15) is 4.79 Å². The first-order chi connectivity index (χ1) is 13.5. The van der Waals surface area contributed by atoms with Crippen LogP contribution in [0.15, 0.2) is 47.5 Å². The van der Waals surface area contributed by atoms with Gasteiger partial charge in [0.1, 0.15) is 5.75 Å². The zero-order chi connectivity index (χ0) is 20.4. The molecule has 2 rings (SSSR count). The maximum Gasteiger partial charge on any atom is 0.251 e. The summed E-state index contributed by atoms with van der Waals surface area (Å²) in [4.78, 5) is 16.8. The molecule has 0 saturated carbocycles. The molecule has 0 saturated heterocycles. The number of amides is 1. The van der Waals surface area contributed by atoms with Crippen LogP contribution in [0.3, 0.4) is 0 Å². The molecule has 6 nitrogen and oxygen atoms in total. The average molecular weight is 383 g/mol. The highest BCUT2D eigenvalue weighted by molar-refractivity contribution is 5.94. The molecule has 0 heterocycles. The normalized spacial score (nSPS) is 11.1. The third-order valence-corrected chi connectivity index (χ3v) is 4.31. The van der Waals surface area contributed by atoms with E-state index in [2.05, 4.69) is 53.0 Å². The number of hydrogen-bond acceptors (Lipinski definition) is 3. The number of ether oxygens (including phenoxy) is 1. The average Bonchev–Trinajstić information content (AvgIpc) is 2.70. The van der Waals surface area contributed by atoms with Gasteiger partial charge in [0.15, 0.2) is 5.96 Å². The highest BCUT2D eigenvalue weighted by Gasteiger charge is 2.05. The molecular weight excluding hydrogens is 352 g/mol. The van der Waals surface area contributed by atoms with E-state index in [-0.39, 0.29) is 5.91 Å². The number of aliphatic imine (C=N–C) groups is 1. The van der Waals surface area contributed by atoms with Gasteiger partial charge in [-0.25, -0.2) is 4.99 Å². The number of rotatable bonds is 8. The second kappa shape index (κ2) is 11.0. The zero-order valence-corrected chi connectivity index (χ0v) is 17.1. The van der Waals surface area contributed by atoms with Gasteiger partial charge in [0.25, 0.3) is 5.91 Å². The second-order valence-corrected chi connectivity index (χ2v) is 6.54. The van der Waals surface area contributed by atoms with E-state index in [0.29, 0.717) is 25.2 Å². The molecule has 0 aliphatic heterocycles. The molecule has 0 unspecified atom stereocenters. The molecule has 150 valence electrons. The Bertz CT molecular complexity index is 801. The summed E-state index contributed by atoms with van der Waals surface area (Å²) in [6.07, 6.45) is 0. The number of hydrogen-bond donors (Lipinski definition) is 3. The Balaban J connectivity index is 1.82. The summed E-state index contributed by atoms with van der Waals surface area (Å²) >= 11 is 0. The molecule has 2 aromatic carbocycles. The lowest BCUT2D eigenvalue weighted by atomic mass is 10.1. The minimum Gasteiger partial charge on any atom is -0.497 e. The maximum absolute atomic E-state index is 12.2. The van der Waals surface area contributed by atoms with E-state index < -0.39 is 0 Å². The van der Waals surface area contributed by atoms with Gasteiger partial charge < -0.3 is 20.7 Å². The third kappa shape index (κ3) is 6.61. The molecule has 0 aliphatic carbocycles. The number of benzene rings is 2. The van der Waals surface area contributed by atoms with Crippen LogP contribution in [0.4, 0.5) is 0 Å². The van der Waals surface area contributed by atoms with Gasteiger partial charge in [-0.2, -0.15) is 0 Å². The van der Waals surface area contributed by atoms with Crippen molar-refractivity contribution in [2.45, 2.75) is 27.3 Å². The molecule has 0 aromatic heterocycles. The lowest BCUT2D eigenvalue weighted by molar-refractivity contribution is 0.0954. The SMILES string of the molecule is CCNC(=NCc1ccc(C)cc1C)NCCNC(=O)c1ccc(OC)cc1. The van der Waals surface area contributed by atoms with Crippen molar-refractivity contribution in [3.63, 3.8) is 0 Å². The second-order valence-electron chi connectivity index (χ2n) is 6.54. The van der Waals surface area contributed by atoms with Gasteiger partial charge >= 0.3 is 0 Å². The molecule has 0 atom stereocenters. The Hall–Kier alpha value is -3.02. The first kappa shape index (κ1) is 21.3. The Morgan fingerprint density at radius 2 is 1.71 bits per heavy atom. The molecule has 0 aliphatic rings. The Kier molecular flexibility index (Phi) is 8.34. The Morgan fingerprint density at radius 1 is 1.00 bits per heavy atom. The van der Waals surface area contributed by atoms with E-state index >= 15 is 0 Å². The van der Waals surface area contributed by atoms with Crippen molar-refractivity contribution in [3.05, 3.63) is 64.7 Å². The lowest BCUT2D eigenvalue weighted by Gasteiger charge is -2.12. The molecule has 0 fully saturated rings. The van der Waals surface area contributed by atoms with Crippen LogP contribution in [0.25, 0.3) is 0 Å². The number of nitrogens with one attached hydrogen (secondary N) is 3. The largest absolute Gasteiger partial charge is 0.497 e. The topological polar surface area (TPSA) is 74.8 Å². The quantitative estimate of drug-likeness (QED) is 0.373. The summed E-state index contributed by atoms with van der Waals surface area (Å²) in [7, 11) is 1.60. The number of guanidine groups is 1. The minimum atomic E-state index is -0.110. The van der Waals surface area contributed by atoms with Crippen LogP contribution in [-0.2, 0) is 6.54 Å². The fourth-order valence-electron chi connectivity index (χ4n) is 2.73. The monoisotopic (exact) mass is 382 g/mol. The summed E-state index contributed by atoms with van der Waals surface area (Å²) in [5.74, 6) is 1.36. The molecule has 3 N–H and O–H groups in total. The van der Waals surface area contributed by atoms with Gasteiger partial charge in [-0.1, -0.05) is 23.8 Å². The van der Waals surface area contributed by atoms with Gasteiger partial charge in [-0.05, 0) is 56.2 Å². The van der Waals surface area contributed by atoms with Crippen molar-refractivity contribution in [1.29, 1.82) is 0 Å². The van der Waals surface area contributed by atoms with Crippen LogP contribution < -0.4 is 20.7 Å². The van der Waals surface area contributed by atoms with Crippen LogP contribution in [0.2, 0.25) is 0 Å². The molecular formula is C22H30N4O2. The van der Waals surface area contributed by atoms with Crippen molar-refractivity contribution in [2.24, 2.45) is 4.99 Å². The van der Waals surface area contributed by atoms with Crippen molar-refractivity contribution in [1.82, 2.24) is 16.0 Å².